The van der Waals surface area contributed by atoms with Gasteiger partial charge < -0.3 is 19.9 Å². The van der Waals surface area contributed by atoms with Crippen LogP contribution >= 0.6 is 0 Å². The number of aliphatic hydroxyl groups is 1. The van der Waals surface area contributed by atoms with E-state index in [1.54, 1.807) is 48.7 Å². The van der Waals surface area contributed by atoms with E-state index in [9.17, 15) is 29.2 Å². The maximum atomic E-state index is 14.1. The predicted octanol–water partition coefficient (Wildman–Crippen LogP) is 4.75. The van der Waals surface area contributed by atoms with Crippen LogP contribution in [0.3, 0.4) is 0 Å². The van der Waals surface area contributed by atoms with Crippen molar-refractivity contribution in [2.75, 3.05) is 6.61 Å². The highest BCUT2D eigenvalue weighted by Gasteiger charge is 2.53. The number of phenols is 1. The first-order chi connectivity index (χ1) is 19.9. The number of hydrogen-bond acceptors (Lipinski definition) is 7. The lowest BCUT2D eigenvalue weighted by molar-refractivity contribution is 0.0591. The lowest BCUT2D eigenvalue weighted by Crippen LogP contribution is -2.51. The fourth-order valence-corrected chi connectivity index (χ4v) is 6.74. The average Bonchev–Trinajstić information content (AvgIpc) is 2.99. The Bertz CT molecular complexity index is 1570. The maximum Gasteiger partial charge on any atom is 0.455 e. The van der Waals surface area contributed by atoms with Crippen LogP contribution in [0, 0.1) is 23.6 Å². The first kappa shape index (κ1) is 27.3. The molecule has 6 rings (SSSR count). The Kier molecular flexibility index (Phi) is 7.42. The van der Waals surface area contributed by atoms with Crippen molar-refractivity contribution in [3.8, 4) is 5.75 Å². The van der Waals surface area contributed by atoms with E-state index in [0.29, 0.717) is 40.8 Å². The lowest BCUT2D eigenvalue weighted by atomic mass is 9.54. The minimum atomic E-state index is -1.14. The molecule has 0 saturated carbocycles. The number of aliphatic hydroxyl groups excluding tert-OH is 1. The van der Waals surface area contributed by atoms with Gasteiger partial charge in [-0.1, -0.05) is 36.4 Å². The summed E-state index contributed by atoms with van der Waals surface area (Å²) in [6, 6.07) is 16.5. The molecule has 2 heterocycles. The van der Waals surface area contributed by atoms with Crippen LogP contribution in [0.4, 0.5) is 4.39 Å². The Morgan fingerprint density at radius 3 is 2.51 bits per heavy atom. The molecule has 0 spiro atoms. The third-order valence-corrected chi connectivity index (χ3v) is 8.54. The van der Waals surface area contributed by atoms with Gasteiger partial charge >= 0.3 is 7.12 Å². The van der Waals surface area contributed by atoms with E-state index >= 15 is 0 Å². The molecule has 0 unspecified atom stereocenters. The fraction of sp³-hybridized carbons (Fsp3) is 0.281. The number of phenolic OH excluding ortho intramolecular Hbond substituents is 1. The number of nitrogens with zero attached hydrogens (tertiary/aromatic N) is 1. The highest BCUT2D eigenvalue weighted by molar-refractivity contribution is 6.43. The van der Waals surface area contributed by atoms with Gasteiger partial charge in [-0.25, -0.2) is 4.39 Å². The number of aromatic nitrogens is 1. The van der Waals surface area contributed by atoms with Crippen molar-refractivity contribution < 1.29 is 33.9 Å². The molecule has 1 aliphatic heterocycles. The summed E-state index contributed by atoms with van der Waals surface area (Å²) in [6.07, 6.45) is 4.09. The minimum Gasteiger partial charge on any atom is -0.505 e. The SMILES string of the molecule is O=C1c2ccccc2C(=O)[C@@H]2CC(CO)=C3[C@@H](CC/C(=C/c4ccc(O)c(F)c4)c4ccccn4)OB(O)C[C@@H]3[C@H]12. The van der Waals surface area contributed by atoms with Crippen LogP contribution in [0.1, 0.15) is 51.2 Å². The molecule has 3 N–H and O–H groups in total. The second kappa shape index (κ2) is 11.2. The lowest BCUT2D eigenvalue weighted by Gasteiger charge is -2.47. The van der Waals surface area contributed by atoms with Crippen LogP contribution < -0.4 is 0 Å². The molecular formula is C32H29BFNO6. The molecule has 1 saturated heterocycles. The molecular weight excluding hydrogens is 524 g/mol. The molecule has 41 heavy (non-hydrogen) atoms. The largest absolute Gasteiger partial charge is 0.505 e. The van der Waals surface area contributed by atoms with Gasteiger partial charge in [-0.2, -0.15) is 0 Å². The third kappa shape index (κ3) is 5.05. The average molecular weight is 553 g/mol. The highest BCUT2D eigenvalue weighted by atomic mass is 19.1. The number of rotatable bonds is 6. The topological polar surface area (TPSA) is 117 Å². The second-order valence-corrected chi connectivity index (χ2v) is 10.9. The zero-order valence-electron chi connectivity index (χ0n) is 22.2. The minimum absolute atomic E-state index is 0.103. The van der Waals surface area contributed by atoms with Gasteiger partial charge in [-0.3, -0.25) is 14.6 Å². The standard InChI is InChI=1S/C32H29BFNO6/c34-25-14-18(8-10-27(25)37)13-19(26-7-3-4-12-35-26)9-11-28-29-20(17-36)15-23-30(24(29)16-33(40)41-28)32(39)22-6-2-1-5-21(22)31(23)38/h1-8,10,12-14,23-24,28,30,36-37,40H,9,11,15-17H2/b19-13-/t23-,24+,28-,30-/m1/s1. The Labute approximate surface area is 237 Å². The summed E-state index contributed by atoms with van der Waals surface area (Å²) in [7, 11) is -1.14. The van der Waals surface area contributed by atoms with Crippen molar-refractivity contribution in [3.63, 3.8) is 0 Å². The Morgan fingerprint density at radius 2 is 1.80 bits per heavy atom. The summed E-state index contributed by atoms with van der Waals surface area (Å²) in [6.45, 7) is -0.274. The molecule has 208 valence electrons. The molecule has 3 aromatic rings. The van der Waals surface area contributed by atoms with Crippen LogP contribution in [0.5, 0.6) is 5.75 Å². The fourth-order valence-electron chi connectivity index (χ4n) is 6.74. The van der Waals surface area contributed by atoms with Crippen LogP contribution in [-0.4, -0.2) is 51.6 Å². The van der Waals surface area contributed by atoms with Crippen molar-refractivity contribution in [3.05, 3.63) is 106 Å². The number of fused-ring (bicyclic) bond motifs is 4. The van der Waals surface area contributed by atoms with Crippen molar-refractivity contribution >= 4 is 30.3 Å². The number of ketones is 2. The summed E-state index contributed by atoms with van der Waals surface area (Å²) in [5.74, 6) is -3.04. The summed E-state index contributed by atoms with van der Waals surface area (Å²) < 4.78 is 20.1. The number of pyridine rings is 1. The van der Waals surface area contributed by atoms with Crippen LogP contribution in [-0.2, 0) is 4.65 Å². The molecule has 7 nitrogen and oxygen atoms in total. The van der Waals surface area contributed by atoms with E-state index in [1.165, 1.54) is 12.1 Å². The number of benzene rings is 2. The third-order valence-electron chi connectivity index (χ3n) is 8.54. The summed E-state index contributed by atoms with van der Waals surface area (Å²) in [5.41, 5.74) is 4.30. The normalized spacial score (nSPS) is 24.2. The van der Waals surface area contributed by atoms with Crippen LogP contribution in [0.25, 0.3) is 11.6 Å². The van der Waals surface area contributed by atoms with E-state index in [4.69, 9.17) is 4.65 Å². The van der Waals surface area contributed by atoms with E-state index < -0.39 is 42.5 Å². The van der Waals surface area contributed by atoms with Crippen molar-refractivity contribution in [1.29, 1.82) is 0 Å². The predicted molar refractivity (Wildman–Crippen MR) is 151 cm³/mol. The van der Waals surface area contributed by atoms with Crippen LogP contribution in [0.15, 0.2) is 78.0 Å². The zero-order valence-corrected chi connectivity index (χ0v) is 22.2. The van der Waals surface area contributed by atoms with E-state index in [1.807, 2.05) is 12.1 Å². The Morgan fingerprint density at radius 1 is 1.05 bits per heavy atom. The molecule has 4 atom stereocenters. The van der Waals surface area contributed by atoms with Gasteiger partial charge in [-0.15, -0.1) is 0 Å². The van der Waals surface area contributed by atoms with Gasteiger partial charge in [-0.05, 0) is 84.1 Å². The zero-order chi connectivity index (χ0) is 28.7. The smallest absolute Gasteiger partial charge is 0.455 e. The molecule has 2 aromatic carbocycles. The number of aromatic hydroxyl groups is 1. The van der Waals surface area contributed by atoms with Crippen LogP contribution in [0.2, 0.25) is 6.32 Å². The van der Waals surface area contributed by atoms with E-state index in [2.05, 4.69) is 4.98 Å². The molecule has 0 radical (unpaired) electrons. The number of allylic oxidation sites excluding steroid dienone is 1. The van der Waals surface area contributed by atoms with Gasteiger partial charge in [0, 0.05) is 29.2 Å². The quantitative estimate of drug-likeness (QED) is 0.298. The molecule has 9 heteroatoms. The molecule has 0 bridgehead atoms. The molecule has 3 aliphatic rings. The molecule has 2 aliphatic carbocycles. The van der Waals surface area contributed by atoms with E-state index in [-0.39, 0.29) is 30.9 Å². The van der Waals surface area contributed by atoms with Gasteiger partial charge in [0.05, 0.1) is 18.4 Å². The van der Waals surface area contributed by atoms with Gasteiger partial charge in [0.25, 0.3) is 0 Å². The van der Waals surface area contributed by atoms with E-state index in [0.717, 1.165) is 11.1 Å². The monoisotopic (exact) mass is 553 g/mol. The van der Waals surface area contributed by atoms with Crippen molar-refractivity contribution in [2.45, 2.75) is 31.7 Å². The first-order valence-corrected chi connectivity index (χ1v) is 13.8. The first-order valence-electron chi connectivity index (χ1n) is 13.8. The highest BCUT2D eigenvalue weighted by Crippen LogP contribution is 2.51. The number of Topliss-reactive ketones (excluding diaryl/α,β-unsaturated/α-hetero) is 2. The van der Waals surface area contributed by atoms with Gasteiger partial charge in [0.15, 0.2) is 23.1 Å². The van der Waals surface area contributed by atoms with Crippen molar-refractivity contribution in [2.24, 2.45) is 17.8 Å². The number of carbonyl (C=O) groups is 2. The second-order valence-electron chi connectivity index (χ2n) is 10.9. The molecule has 1 aromatic heterocycles. The molecule has 1 fully saturated rings. The van der Waals surface area contributed by atoms with Crippen molar-refractivity contribution in [1.82, 2.24) is 4.98 Å². The number of halogens is 1. The van der Waals surface area contributed by atoms with Gasteiger partial charge in [0.1, 0.15) is 0 Å². The maximum absolute atomic E-state index is 14.1. The number of hydrogen-bond donors (Lipinski definition) is 3. The number of carbonyl (C=O) groups excluding carboxylic acids is 2. The summed E-state index contributed by atoms with van der Waals surface area (Å²) in [5, 5.41) is 30.8. The summed E-state index contributed by atoms with van der Waals surface area (Å²) in [4.78, 5) is 31.7. The Hall–Kier alpha value is -3.92. The molecule has 0 amide bonds. The van der Waals surface area contributed by atoms with Gasteiger partial charge in [0.2, 0.25) is 0 Å². The Balaban J connectivity index is 1.34. The summed E-state index contributed by atoms with van der Waals surface area (Å²) >= 11 is 0.